The number of furan rings is 1. The van der Waals surface area contributed by atoms with Crippen LogP contribution in [0.5, 0.6) is 0 Å². The van der Waals surface area contributed by atoms with Gasteiger partial charge in [0.2, 0.25) is 11.8 Å². The minimum absolute atomic E-state index is 0.0848. The Morgan fingerprint density at radius 3 is 2.45 bits per heavy atom. The Morgan fingerprint density at radius 1 is 1.02 bits per heavy atom. The maximum absolute atomic E-state index is 14.2. The van der Waals surface area contributed by atoms with Crippen molar-refractivity contribution >= 4 is 35.3 Å². The van der Waals surface area contributed by atoms with Crippen LogP contribution in [0.3, 0.4) is 0 Å². The number of amides is 3. The molecule has 2 fully saturated rings. The van der Waals surface area contributed by atoms with E-state index in [1.165, 1.54) is 6.26 Å². The van der Waals surface area contributed by atoms with Crippen LogP contribution >= 0.6 is 11.6 Å². The van der Waals surface area contributed by atoms with E-state index in [0.717, 1.165) is 31.2 Å². The van der Waals surface area contributed by atoms with Crippen molar-refractivity contribution in [3.05, 3.63) is 70.8 Å². The number of carbonyl (C=O) groups is 4. The third-order valence-electron chi connectivity index (χ3n) is 8.73. The van der Waals surface area contributed by atoms with Gasteiger partial charge in [0.15, 0.2) is 5.76 Å². The third-order valence-corrected chi connectivity index (χ3v) is 8.98. The molecule has 42 heavy (non-hydrogen) atoms. The molecule has 2 saturated heterocycles. The van der Waals surface area contributed by atoms with Crippen LogP contribution in [0.1, 0.15) is 61.6 Å². The van der Waals surface area contributed by atoms with Crippen LogP contribution in [0.2, 0.25) is 5.02 Å². The lowest BCUT2D eigenvalue weighted by Gasteiger charge is -2.37. The van der Waals surface area contributed by atoms with Crippen LogP contribution < -0.4 is 0 Å². The van der Waals surface area contributed by atoms with Crippen molar-refractivity contribution in [1.82, 2.24) is 14.7 Å². The fourth-order valence-electron chi connectivity index (χ4n) is 6.51. The molecule has 5 rings (SSSR count). The highest BCUT2D eigenvalue weighted by atomic mass is 35.5. The van der Waals surface area contributed by atoms with E-state index in [1.807, 2.05) is 30.3 Å². The van der Waals surface area contributed by atoms with Crippen molar-refractivity contribution in [2.75, 3.05) is 39.3 Å². The average Bonchev–Trinajstić information content (AvgIpc) is 3.59. The second-order valence-electron chi connectivity index (χ2n) is 11.2. The number of fused-ring (bicyclic) bond motifs is 1. The van der Waals surface area contributed by atoms with E-state index in [9.17, 15) is 19.2 Å². The number of allylic oxidation sites excluding steroid dienone is 1. The molecule has 10 heteroatoms. The minimum Gasteiger partial charge on any atom is -0.465 e. The predicted molar refractivity (Wildman–Crippen MR) is 156 cm³/mol. The SMILES string of the molecule is CCOC(=O)[C@]12CCCCC/C=C\1N(CCc1ccc(Cl)cc1)C(=O)[C@H]2CC(=O)N1CCN(C(=O)c2ccco2)CC1. The van der Waals surface area contributed by atoms with Crippen LogP contribution in [0, 0.1) is 11.3 Å². The average molecular weight is 596 g/mol. The molecule has 0 saturated carbocycles. The molecule has 3 aliphatic rings. The quantitative estimate of drug-likeness (QED) is 0.410. The van der Waals surface area contributed by atoms with Gasteiger partial charge in [0, 0.05) is 49.9 Å². The highest BCUT2D eigenvalue weighted by Gasteiger charge is 2.61. The molecular formula is C32H38ClN3O6. The summed E-state index contributed by atoms with van der Waals surface area (Å²) in [6.07, 6.45) is 7.90. The predicted octanol–water partition coefficient (Wildman–Crippen LogP) is 4.71. The lowest BCUT2D eigenvalue weighted by molar-refractivity contribution is -0.158. The molecule has 3 heterocycles. The molecule has 0 spiro atoms. The molecule has 1 aromatic carbocycles. The molecule has 2 atom stereocenters. The Hall–Kier alpha value is -3.59. The summed E-state index contributed by atoms with van der Waals surface area (Å²) in [6.45, 7) is 3.78. The zero-order valence-electron chi connectivity index (χ0n) is 24.1. The molecule has 224 valence electrons. The normalized spacial score (nSPS) is 24.0. The lowest BCUT2D eigenvalue weighted by atomic mass is 9.69. The highest BCUT2D eigenvalue weighted by Crippen LogP contribution is 2.52. The van der Waals surface area contributed by atoms with E-state index in [0.29, 0.717) is 56.3 Å². The van der Waals surface area contributed by atoms with Gasteiger partial charge < -0.3 is 23.9 Å². The fraction of sp³-hybridized carbons (Fsp3) is 0.500. The van der Waals surface area contributed by atoms with Gasteiger partial charge in [0.25, 0.3) is 5.91 Å². The van der Waals surface area contributed by atoms with Crippen LogP contribution in [0.15, 0.2) is 58.9 Å². The molecule has 2 aromatic rings. The summed E-state index contributed by atoms with van der Waals surface area (Å²) < 4.78 is 10.9. The number of benzene rings is 1. The smallest absolute Gasteiger partial charge is 0.318 e. The zero-order chi connectivity index (χ0) is 29.7. The molecule has 2 aliphatic heterocycles. The number of hydrogen-bond donors (Lipinski definition) is 0. The molecule has 9 nitrogen and oxygen atoms in total. The summed E-state index contributed by atoms with van der Waals surface area (Å²) in [5, 5.41) is 0.643. The second-order valence-corrected chi connectivity index (χ2v) is 11.6. The summed E-state index contributed by atoms with van der Waals surface area (Å²) in [5.74, 6) is -1.60. The minimum atomic E-state index is -1.19. The lowest BCUT2D eigenvalue weighted by Crippen LogP contribution is -2.51. The number of carbonyl (C=O) groups excluding carboxylic acids is 4. The summed E-state index contributed by atoms with van der Waals surface area (Å²) in [4.78, 5) is 59.5. The van der Waals surface area contributed by atoms with Crippen molar-refractivity contribution in [1.29, 1.82) is 0 Å². The first-order valence-corrected chi connectivity index (χ1v) is 15.3. The first-order chi connectivity index (χ1) is 20.3. The van der Waals surface area contributed by atoms with Gasteiger partial charge in [-0.3, -0.25) is 19.2 Å². The highest BCUT2D eigenvalue weighted by molar-refractivity contribution is 6.30. The summed E-state index contributed by atoms with van der Waals surface area (Å²) in [7, 11) is 0. The van der Waals surface area contributed by atoms with Crippen molar-refractivity contribution in [3.8, 4) is 0 Å². The molecule has 3 amide bonds. The van der Waals surface area contributed by atoms with Gasteiger partial charge in [0.05, 0.1) is 18.8 Å². The Morgan fingerprint density at radius 2 is 1.76 bits per heavy atom. The van der Waals surface area contributed by atoms with Gasteiger partial charge in [-0.05, 0) is 62.4 Å². The molecule has 1 aromatic heterocycles. The Kier molecular flexibility index (Phi) is 9.36. The Bertz CT molecular complexity index is 1320. The zero-order valence-corrected chi connectivity index (χ0v) is 24.8. The molecular weight excluding hydrogens is 558 g/mol. The standard InChI is InChI=1S/C32H38ClN3O6/c1-2-41-31(40)32-15-6-4-3-5-9-27(32)36(16-14-23-10-12-24(33)13-11-23)29(38)25(32)22-28(37)34-17-19-35(20-18-34)30(39)26-8-7-21-42-26/h7-13,21,25H,2-6,14-20,22H2,1H3/b27-9+/t25-,32+/m1/s1. The summed E-state index contributed by atoms with van der Waals surface area (Å²) >= 11 is 6.06. The van der Waals surface area contributed by atoms with Gasteiger partial charge in [-0.25, -0.2) is 0 Å². The number of halogens is 1. The van der Waals surface area contributed by atoms with Gasteiger partial charge >= 0.3 is 5.97 Å². The van der Waals surface area contributed by atoms with Gasteiger partial charge in [0.1, 0.15) is 5.41 Å². The van der Waals surface area contributed by atoms with Crippen molar-refractivity contribution in [3.63, 3.8) is 0 Å². The molecule has 1 aliphatic carbocycles. The Labute approximate surface area is 251 Å². The van der Waals surface area contributed by atoms with Crippen LogP contribution in [0.25, 0.3) is 0 Å². The first-order valence-electron chi connectivity index (χ1n) is 14.9. The maximum Gasteiger partial charge on any atom is 0.318 e. The van der Waals surface area contributed by atoms with E-state index >= 15 is 0 Å². The molecule has 0 bridgehead atoms. The number of hydrogen-bond acceptors (Lipinski definition) is 6. The first kappa shape index (κ1) is 29.9. The number of likely N-dealkylation sites (tertiary alicyclic amines) is 1. The van der Waals surface area contributed by atoms with Crippen LogP contribution in [-0.2, 0) is 25.5 Å². The van der Waals surface area contributed by atoms with Crippen molar-refractivity contribution in [2.45, 2.75) is 51.9 Å². The van der Waals surface area contributed by atoms with Crippen LogP contribution in [-0.4, -0.2) is 77.7 Å². The number of esters is 1. The summed E-state index contributed by atoms with van der Waals surface area (Å²) in [6, 6.07) is 10.8. The fourth-order valence-corrected chi connectivity index (χ4v) is 6.63. The number of nitrogens with zero attached hydrogens (tertiary/aromatic N) is 3. The number of rotatable bonds is 8. The monoisotopic (exact) mass is 595 g/mol. The largest absolute Gasteiger partial charge is 0.465 e. The maximum atomic E-state index is 14.2. The van der Waals surface area contributed by atoms with E-state index in [4.69, 9.17) is 20.8 Å². The van der Waals surface area contributed by atoms with Crippen LogP contribution in [0.4, 0.5) is 0 Å². The van der Waals surface area contributed by atoms with E-state index < -0.39 is 17.3 Å². The van der Waals surface area contributed by atoms with Crippen molar-refractivity contribution in [2.24, 2.45) is 11.3 Å². The van der Waals surface area contributed by atoms with Gasteiger partial charge in [-0.15, -0.1) is 0 Å². The third kappa shape index (κ3) is 5.98. The van der Waals surface area contributed by atoms with Gasteiger partial charge in [-0.2, -0.15) is 0 Å². The topological polar surface area (TPSA) is 100 Å². The summed E-state index contributed by atoms with van der Waals surface area (Å²) in [5.41, 5.74) is 0.522. The van der Waals surface area contributed by atoms with E-state index in [2.05, 4.69) is 0 Å². The second kappa shape index (κ2) is 13.2. The molecule has 0 N–H and O–H groups in total. The molecule has 0 radical (unpaired) electrons. The van der Waals surface area contributed by atoms with E-state index in [1.54, 1.807) is 33.8 Å². The van der Waals surface area contributed by atoms with Gasteiger partial charge in [-0.1, -0.05) is 42.7 Å². The number of ether oxygens (including phenoxy) is 1. The number of piperazine rings is 1. The Balaban J connectivity index is 1.37. The van der Waals surface area contributed by atoms with Crippen molar-refractivity contribution < 1.29 is 28.3 Å². The van der Waals surface area contributed by atoms with E-state index in [-0.39, 0.29) is 36.5 Å². The molecule has 0 unspecified atom stereocenters.